The fourth-order valence-electron chi connectivity index (χ4n) is 1.79. The Labute approximate surface area is 107 Å². The molecule has 1 aliphatic rings. The van der Waals surface area contributed by atoms with Crippen LogP contribution in [-0.2, 0) is 9.53 Å². The minimum absolute atomic E-state index is 0.0937. The summed E-state index contributed by atoms with van der Waals surface area (Å²) < 4.78 is 4.72. The predicted octanol–water partition coefficient (Wildman–Crippen LogP) is -1.13. The monoisotopic (exact) mass is 259 g/mol. The van der Waals surface area contributed by atoms with Gasteiger partial charge in [-0.05, 0) is 6.92 Å². The fraction of sp³-hybridized carbons (Fsp3) is 0.818. The average Bonchev–Trinajstić information content (AvgIpc) is 2.37. The highest BCUT2D eigenvalue weighted by Gasteiger charge is 2.20. The van der Waals surface area contributed by atoms with E-state index in [1.54, 1.807) is 11.8 Å². The third kappa shape index (κ3) is 4.89. The number of rotatable bonds is 5. The van der Waals surface area contributed by atoms with E-state index in [-0.39, 0.29) is 19.2 Å². The van der Waals surface area contributed by atoms with Gasteiger partial charge in [-0.15, -0.1) is 0 Å². The van der Waals surface area contributed by atoms with Crippen LogP contribution in [0.5, 0.6) is 0 Å². The van der Waals surface area contributed by atoms with Crippen molar-refractivity contribution in [3.05, 3.63) is 0 Å². The maximum Gasteiger partial charge on any atom is 0.325 e. The molecule has 0 atom stereocenters. The van der Waals surface area contributed by atoms with Crippen molar-refractivity contribution in [1.29, 1.82) is 0 Å². The molecule has 18 heavy (non-hydrogen) atoms. The number of urea groups is 1. The smallest absolute Gasteiger partial charge is 0.325 e. The maximum atomic E-state index is 11.7. The zero-order valence-corrected chi connectivity index (χ0v) is 10.7. The van der Waals surface area contributed by atoms with Crippen molar-refractivity contribution in [2.75, 3.05) is 52.5 Å². The van der Waals surface area contributed by atoms with E-state index in [2.05, 4.69) is 10.2 Å². The summed E-state index contributed by atoms with van der Waals surface area (Å²) in [5.74, 6) is -0.426. The van der Waals surface area contributed by atoms with E-state index in [0.717, 1.165) is 13.1 Å². The molecule has 1 rings (SSSR count). The van der Waals surface area contributed by atoms with Crippen LogP contribution in [0.2, 0.25) is 0 Å². The van der Waals surface area contributed by atoms with Crippen molar-refractivity contribution in [3.8, 4) is 0 Å². The topological polar surface area (TPSA) is 82.1 Å². The van der Waals surface area contributed by atoms with Crippen LogP contribution in [0.1, 0.15) is 6.92 Å². The van der Waals surface area contributed by atoms with Crippen LogP contribution >= 0.6 is 0 Å². The van der Waals surface area contributed by atoms with Crippen molar-refractivity contribution >= 4 is 12.0 Å². The first-order chi connectivity index (χ1) is 8.67. The Bertz CT molecular complexity index is 277. The van der Waals surface area contributed by atoms with Gasteiger partial charge < -0.3 is 20.1 Å². The Kier molecular flexibility index (Phi) is 6.45. The van der Waals surface area contributed by atoms with Crippen LogP contribution in [0.4, 0.5) is 4.79 Å². The first-order valence-corrected chi connectivity index (χ1v) is 6.19. The Morgan fingerprint density at radius 3 is 2.50 bits per heavy atom. The summed E-state index contributed by atoms with van der Waals surface area (Å²) in [5, 5.41) is 11.3. The van der Waals surface area contributed by atoms with Crippen molar-refractivity contribution in [2.45, 2.75) is 6.92 Å². The summed E-state index contributed by atoms with van der Waals surface area (Å²) in [7, 11) is 0. The van der Waals surface area contributed by atoms with Crippen LogP contribution in [0.15, 0.2) is 0 Å². The van der Waals surface area contributed by atoms with Gasteiger partial charge in [-0.1, -0.05) is 0 Å². The molecule has 104 valence electrons. The normalized spacial score (nSPS) is 16.4. The number of carbonyl (C=O) groups excluding carboxylic acids is 2. The van der Waals surface area contributed by atoms with Crippen LogP contribution in [-0.4, -0.2) is 79.4 Å². The lowest BCUT2D eigenvalue weighted by Gasteiger charge is -2.34. The van der Waals surface area contributed by atoms with Crippen molar-refractivity contribution in [1.82, 2.24) is 15.1 Å². The molecule has 2 N–H and O–H groups in total. The summed E-state index contributed by atoms with van der Waals surface area (Å²) in [5.41, 5.74) is 0. The SMILES string of the molecule is CCOC(=O)CNC(=O)N1CCN(CCO)CC1. The number of ether oxygens (including phenoxy) is 1. The summed E-state index contributed by atoms with van der Waals surface area (Å²) in [4.78, 5) is 26.5. The van der Waals surface area contributed by atoms with Gasteiger partial charge in [0.05, 0.1) is 13.2 Å². The van der Waals surface area contributed by atoms with E-state index >= 15 is 0 Å². The largest absolute Gasteiger partial charge is 0.465 e. The average molecular weight is 259 g/mol. The second kappa shape index (κ2) is 7.88. The van der Waals surface area contributed by atoms with E-state index in [1.165, 1.54) is 0 Å². The molecule has 0 radical (unpaired) electrons. The Hall–Kier alpha value is -1.34. The molecule has 7 heteroatoms. The number of esters is 1. The van der Waals surface area contributed by atoms with Crippen LogP contribution in [0, 0.1) is 0 Å². The van der Waals surface area contributed by atoms with Gasteiger partial charge in [-0.3, -0.25) is 9.69 Å². The Balaban J connectivity index is 2.21. The van der Waals surface area contributed by atoms with Crippen LogP contribution in [0.3, 0.4) is 0 Å². The third-order valence-electron chi connectivity index (χ3n) is 2.77. The molecule has 0 aromatic carbocycles. The van der Waals surface area contributed by atoms with E-state index in [4.69, 9.17) is 9.84 Å². The standard InChI is InChI=1S/C11H21N3O4/c1-2-18-10(16)9-12-11(17)14-5-3-13(4-6-14)7-8-15/h15H,2-9H2,1H3,(H,12,17). The van der Waals surface area contributed by atoms with Crippen molar-refractivity contribution in [2.24, 2.45) is 0 Å². The molecule has 0 spiro atoms. The van der Waals surface area contributed by atoms with Crippen LogP contribution in [0.25, 0.3) is 0 Å². The van der Waals surface area contributed by atoms with Gasteiger partial charge in [0.15, 0.2) is 0 Å². The molecule has 1 heterocycles. The minimum atomic E-state index is -0.426. The number of nitrogens with one attached hydrogen (secondary N) is 1. The molecular weight excluding hydrogens is 238 g/mol. The molecular formula is C11H21N3O4. The Morgan fingerprint density at radius 1 is 1.28 bits per heavy atom. The molecule has 1 saturated heterocycles. The minimum Gasteiger partial charge on any atom is -0.465 e. The lowest BCUT2D eigenvalue weighted by molar-refractivity contribution is -0.141. The number of aliphatic hydroxyl groups excluding tert-OH is 1. The van der Waals surface area contributed by atoms with Gasteiger partial charge in [0.25, 0.3) is 0 Å². The summed E-state index contributed by atoms with van der Waals surface area (Å²) in [6.45, 7) is 5.41. The molecule has 0 unspecified atom stereocenters. The number of hydrogen-bond acceptors (Lipinski definition) is 5. The number of carbonyl (C=O) groups is 2. The van der Waals surface area contributed by atoms with E-state index in [1.807, 2.05) is 0 Å². The molecule has 0 bridgehead atoms. The summed E-state index contributed by atoms with van der Waals surface area (Å²) >= 11 is 0. The second-order valence-corrected chi connectivity index (χ2v) is 4.02. The summed E-state index contributed by atoms with van der Waals surface area (Å²) in [6.07, 6.45) is 0. The Morgan fingerprint density at radius 2 is 1.94 bits per heavy atom. The number of aliphatic hydroxyl groups is 1. The van der Waals surface area contributed by atoms with E-state index in [0.29, 0.717) is 26.2 Å². The maximum absolute atomic E-state index is 11.7. The predicted molar refractivity (Wildman–Crippen MR) is 65.1 cm³/mol. The zero-order valence-electron chi connectivity index (χ0n) is 10.7. The van der Waals surface area contributed by atoms with Crippen molar-refractivity contribution in [3.63, 3.8) is 0 Å². The highest BCUT2D eigenvalue weighted by Crippen LogP contribution is 2.01. The van der Waals surface area contributed by atoms with Gasteiger partial charge in [0.1, 0.15) is 6.54 Å². The third-order valence-corrected chi connectivity index (χ3v) is 2.77. The molecule has 2 amide bonds. The molecule has 1 aliphatic heterocycles. The van der Waals surface area contributed by atoms with Gasteiger partial charge in [-0.25, -0.2) is 4.79 Å². The number of amides is 2. The molecule has 7 nitrogen and oxygen atoms in total. The zero-order chi connectivity index (χ0) is 13.4. The quantitative estimate of drug-likeness (QED) is 0.611. The lowest BCUT2D eigenvalue weighted by atomic mass is 10.3. The molecule has 0 aliphatic carbocycles. The van der Waals surface area contributed by atoms with Gasteiger partial charge >= 0.3 is 12.0 Å². The molecule has 1 fully saturated rings. The van der Waals surface area contributed by atoms with E-state index in [9.17, 15) is 9.59 Å². The molecule has 0 aromatic rings. The fourth-order valence-corrected chi connectivity index (χ4v) is 1.79. The first kappa shape index (κ1) is 14.7. The number of nitrogens with zero attached hydrogens (tertiary/aromatic N) is 2. The highest BCUT2D eigenvalue weighted by molar-refractivity contribution is 5.80. The van der Waals surface area contributed by atoms with Gasteiger partial charge in [0, 0.05) is 32.7 Å². The second-order valence-electron chi connectivity index (χ2n) is 4.02. The molecule has 0 saturated carbocycles. The number of piperazine rings is 1. The van der Waals surface area contributed by atoms with E-state index < -0.39 is 5.97 Å². The molecule has 0 aromatic heterocycles. The van der Waals surface area contributed by atoms with Gasteiger partial charge in [-0.2, -0.15) is 0 Å². The number of β-amino-alcohol motifs (C(OH)–C–C–N with tert-alkyl or cyclic N) is 1. The van der Waals surface area contributed by atoms with Gasteiger partial charge in [0.2, 0.25) is 0 Å². The first-order valence-electron chi connectivity index (χ1n) is 6.19. The highest BCUT2D eigenvalue weighted by atomic mass is 16.5. The van der Waals surface area contributed by atoms with Crippen LogP contribution < -0.4 is 5.32 Å². The lowest BCUT2D eigenvalue weighted by Crippen LogP contribution is -2.52. The van der Waals surface area contributed by atoms with Crippen molar-refractivity contribution < 1.29 is 19.4 Å². The summed E-state index contributed by atoms with van der Waals surface area (Å²) in [6, 6.07) is -0.244. The number of hydrogen-bond donors (Lipinski definition) is 2.